The number of hydrogen-bond acceptors (Lipinski definition) is 6. The zero-order valence-corrected chi connectivity index (χ0v) is 20.8. The molecule has 3 saturated heterocycles. The molecule has 5 N–H and O–H groups in total. The molecule has 10 atom stereocenters. The maximum absolute atomic E-state index is 11.2. The van der Waals surface area contributed by atoms with Crippen LogP contribution in [0.4, 0.5) is 0 Å². The normalized spacial score (nSPS) is 48.9. The van der Waals surface area contributed by atoms with E-state index >= 15 is 0 Å². The Hall–Kier alpha value is -0.370. The van der Waals surface area contributed by atoms with Crippen molar-refractivity contribution >= 4 is 11.6 Å². The molecule has 0 radical (unpaired) electrons. The summed E-state index contributed by atoms with van der Waals surface area (Å²) in [7, 11) is 0. The Labute approximate surface area is 204 Å². The molecule has 0 aromatic carbocycles. The third-order valence-corrected chi connectivity index (χ3v) is 10.5. The molecule has 3 heterocycles. The van der Waals surface area contributed by atoms with Crippen molar-refractivity contribution in [2.24, 2.45) is 29.4 Å². The average molecular weight is 478 g/mol. The van der Waals surface area contributed by atoms with Crippen molar-refractivity contribution in [1.29, 1.82) is 0 Å². The van der Waals surface area contributed by atoms with Crippen LogP contribution in [-0.2, 0) is 0 Å². The first-order valence-electron chi connectivity index (χ1n) is 13.8. The van der Waals surface area contributed by atoms with E-state index in [0.29, 0.717) is 24.0 Å². The predicted octanol–water partition coefficient (Wildman–Crippen LogP) is 3.11. The molecule has 0 spiro atoms. The Bertz CT molecular complexity index is 733. The average Bonchev–Trinajstić information content (AvgIpc) is 3.60. The number of nitrogens with zero attached hydrogens (tertiary/aromatic N) is 2. The van der Waals surface area contributed by atoms with E-state index in [9.17, 15) is 5.11 Å². The number of piperidine rings is 2. The summed E-state index contributed by atoms with van der Waals surface area (Å²) in [6, 6.07) is 1.87. The summed E-state index contributed by atoms with van der Waals surface area (Å²) in [5, 5.41) is 17.1. The second-order valence-corrected chi connectivity index (χ2v) is 12.5. The first-order chi connectivity index (χ1) is 16.0. The molecular formula is C26H44ClN5O. The quantitative estimate of drug-likeness (QED) is 0.368. The van der Waals surface area contributed by atoms with Gasteiger partial charge in [0.2, 0.25) is 0 Å². The van der Waals surface area contributed by atoms with Gasteiger partial charge in [0.05, 0.1) is 23.8 Å². The van der Waals surface area contributed by atoms with Crippen LogP contribution in [0.1, 0.15) is 77.0 Å². The minimum atomic E-state index is -0.180. The molecule has 6 fully saturated rings. The molecule has 0 aromatic rings. The fraction of sp³-hybridized carbons (Fsp3) is 0.923. The van der Waals surface area contributed by atoms with Gasteiger partial charge in [0, 0.05) is 42.2 Å². The van der Waals surface area contributed by atoms with E-state index < -0.39 is 0 Å². The van der Waals surface area contributed by atoms with Crippen molar-refractivity contribution < 1.29 is 5.11 Å². The molecule has 0 aromatic heterocycles. The number of hydrazine groups is 1. The summed E-state index contributed by atoms with van der Waals surface area (Å²) < 4.78 is 0. The first-order valence-corrected chi connectivity index (χ1v) is 14.3. The fourth-order valence-corrected chi connectivity index (χ4v) is 8.60. The summed E-state index contributed by atoms with van der Waals surface area (Å²) in [5.74, 6) is 2.55. The molecule has 3 aliphatic carbocycles. The number of nitrogens with two attached hydrogens (primary N) is 1. The van der Waals surface area contributed by atoms with Crippen LogP contribution in [0.3, 0.4) is 0 Å². The summed E-state index contributed by atoms with van der Waals surface area (Å²) in [5.41, 5.74) is 11.7. The first kappa shape index (κ1) is 23.1. The summed E-state index contributed by atoms with van der Waals surface area (Å²) in [4.78, 5) is 2.64. The topological polar surface area (TPSA) is 76.8 Å². The van der Waals surface area contributed by atoms with E-state index in [1.807, 2.05) is 0 Å². The van der Waals surface area contributed by atoms with Crippen molar-refractivity contribution in [1.82, 2.24) is 20.7 Å². The molecule has 6 nitrogen and oxygen atoms in total. The monoisotopic (exact) mass is 477 g/mol. The highest BCUT2D eigenvalue weighted by molar-refractivity contribution is 6.20. The molecule has 0 bridgehead atoms. The molecule has 7 heteroatoms. The van der Waals surface area contributed by atoms with E-state index in [1.165, 1.54) is 50.6 Å². The maximum atomic E-state index is 11.2. The number of nitrogens with one attached hydrogen (secondary N) is 2. The van der Waals surface area contributed by atoms with Crippen LogP contribution in [-0.4, -0.2) is 63.5 Å². The molecular weight excluding hydrogens is 434 g/mol. The van der Waals surface area contributed by atoms with E-state index in [4.69, 9.17) is 17.3 Å². The Kier molecular flexibility index (Phi) is 6.46. The second-order valence-electron chi connectivity index (χ2n) is 12.0. The molecule has 0 amide bonds. The Morgan fingerprint density at radius 1 is 0.909 bits per heavy atom. The number of likely N-dealkylation sites (tertiary alicyclic amines) is 1. The highest BCUT2D eigenvalue weighted by Crippen LogP contribution is 2.48. The van der Waals surface area contributed by atoms with Crippen LogP contribution >= 0.6 is 11.6 Å². The molecule has 3 aliphatic heterocycles. The fourth-order valence-electron chi connectivity index (χ4n) is 8.33. The SMILES string of the molecule is C=C(C1CCC(Cl)NC1N)N1CCC2C3C(CCCC[C@@H]31)NN2C1CCC(C2CC2)CC1O. The van der Waals surface area contributed by atoms with Gasteiger partial charge in [-0.05, 0) is 76.0 Å². The molecule has 186 valence electrons. The number of aliphatic hydroxyl groups excluding tert-OH is 1. The van der Waals surface area contributed by atoms with Gasteiger partial charge in [-0.1, -0.05) is 19.4 Å². The minimum Gasteiger partial charge on any atom is -0.391 e. The largest absolute Gasteiger partial charge is 0.391 e. The van der Waals surface area contributed by atoms with E-state index in [0.717, 1.165) is 50.5 Å². The lowest BCUT2D eigenvalue weighted by Crippen LogP contribution is -2.59. The zero-order valence-electron chi connectivity index (χ0n) is 20.0. The summed E-state index contributed by atoms with van der Waals surface area (Å²) in [6.07, 6.45) is 14.1. The summed E-state index contributed by atoms with van der Waals surface area (Å²) in [6.45, 7) is 5.66. The van der Waals surface area contributed by atoms with Gasteiger partial charge in [-0.25, -0.2) is 5.01 Å². The number of rotatable bonds is 4. The minimum absolute atomic E-state index is 0.0222. The van der Waals surface area contributed by atoms with Gasteiger partial charge >= 0.3 is 0 Å². The van der Waals surface area contributed by atoms with Crippen molar-refractivity contribution in [2.45, 2.75) is 119 Å². The number of halogens is 1. The highest BCUT2D eigenvalue weighted by atomic mass is 35.5. The summed E-state index contributed by atoms with van der Waals surface area (Å²) >= 11 is 6.31. The lowest BCUT2D eigenvalue weighted by molar-refractivity contribution is -0.0454. The lowest BCUT2D eigenvalue weighted by atomic mass is 9.77. The highest BCUT2D eigenvalue weighted by Gasteiger charge is 2.54. The number of hydrogen-bond donors (Lipinski definition) is 4. The lowest BCUT2D eigenvalue weighted by Gasteiger charge is -2.50. The van der Waals surface area contributed by atoms with Gasteiger partial charge in [0.25, 0.3) is 0 Å². The van der Waals surface area contributed by atoms with Gasteiger partial charge in [-0.15, -0.1) is 11.6 Å². The Balaban J connectivity index is 1.18. The van der Waals surface area contributed by atoms with Gasteiger partial charge in [-0.2, -0.15) is 0 Å². The van der Waals surface area contributed by atoms with E-state index in [2.05, 4.69) is 27.2 Å². The molecule has 6 aliphatic rings. The molecule has 3 saturated carbocycles. The molecule has 6 rings (SSSR count). The Morgan fingerprint density at radius 3 is 2.45 bits per heavy atom. The van der Waals surface area contributed by atoms with Gasteiger partial charge in [-0.3, -0.25) is 10.7 Å². The smallest absolute Gasteiger partial charge is 0.0837 e. The van der Waals surface area contributed by atoms with Crippen LogP contribution in [0, 0.1) is 23.7 Å². The third kappa shape index (κ3) is 4.27. The van der Waals surface area contributed by atoms with Crippen molar-refractivity contribution in [3.8, 4) is 0 Å². The zero-order chi connectivity index (χ0) is 22.7. The van der Waals surface area contributed by atoms with Gasteiger partial charge < -0.3 is 15.7 Å². The van der Waals surface area contributed by atoms with Crippen LogP contribution in [0.15, 0.2) is 12.3 Å². The Morgan fingerprint density at radius 2 is 1.70 bits per heavy atom. The van der Waals surface area contributed by atoms with Gasteiger partial charge in [0.1, 0.15) is 0 Å². The van der Waals surface area contributed by atoms with Gasteiger partial charge in [0.15, 0.2) is 0 Å². The van der Waals surface area contributed by atoms with Crippen LogP contribution in [0.5, 0.6) is 0 Å². The number of aliphatic hydroxyl groups is 1. The molecule has 33 heavy (non-hydrogen) atoms. The van der Waals surface area contributed by atoms with Crippen LogP contribution < -0.4 is 16.5 Å². The van der Waals surface area contributed by atoms with E-state index in [1.54, 1.807) is 0 Å². The van der Waals surface area contributed by atoms with Crippen molar-refractivity contribution in [2.75, 3.05) is 6.54 Å². The van der Waals surface area contributed by atoms with Crippen LogP contribution in [0.2, 0.25) is 0 Å². The van der Waals surface area contributed by atoms with Crippen molar-refractivity contribution in [3.05, 3.63) is 12.3 Å². The number of alkyl halides is 1. The maximum Gasteiger partial charge on any atom is 0.0837 e. The third-order valence-electron chi connectivity index (χ3n) is 10.2. The molecule has 9 unspecified atom stereocenters. The standard InChI is InChI=1S/C26H44ClN5O/c1-15(18-9-11-24(27)29-26(18)28)31-13-12-22-25-19(4-2-3-5-21(25)31)30-32(22)20-10-8-17(14-23(20)33)16-6-7-16/h16-26,29-30,33H,1-14,28H2/t17?,18?,19?,20?,21-,22?,23?,24?,25?,26?/m0/s1. The van der Waals surface area contributed by atoms with E-state index in [-0.39, 0.29) is 29.7 Å². The second kappa shape index (κ2) is 9.25. The van der Waals surface area contributed by atoms with Crippen LogP contribution in [0.25, 0.3) is 0 Å². The predicted molar refractivity (Wildman–Crippen MR) is 132 cm³/mol. The van der Waals surface area contributed by atoms with Crippen molar-refractivity contribution in [3.63, 3.8) is 0 Å².